The summed E-state index contributed by atoms with van der Waals surface area (Å²) in [4.78, 5) is 31.0. The molecule has 35 heavy (non-hydrogen) atoms. The van der Waals surface area contributed by atoms with Crippen LogP contribution in [-0.4, -0.2) is 39.3 Å². The van der Waals surface area contributed by atoms with E-state index in [1.807, 2.05) is 13.0 Å². The second kappa shape index (κ2) is 11.7. The lowest BCUT2D eigenvalue weighted by molar-refractivity contribution is -0.122. The van der Waals surface area contributed by atoms with Crippen LogP contribution in [-0.2, 0) is 11.8 Å². The molecule has 0 aromatic carbocycles. The molecule has 0 radical (unpaired) electrons. The number of rotatable bonds is 8. The Balaban J connectivity index is 2.06. The molecule has 3 unspecified atom stereocenters. The molecule has 0 aliphatic carbocycles. The van der Waals surface area contributed by atoms with Gasteiger partial charge in [-0.25, -0.2) is 0 Å². The van der Waals surface area contributed by atoms with E-state index in [1.54, 1.807) is 16.5 Å². The number of hydrogen-bond acceptors (Lipinski definition) is 6. The van der Waals surface area contributed by atoms with Gasteiger partial charge in [0.1, 0.15) is 21.8 Å². The van der Waals surface area contributed by atoms with E-state index >= 15 is 0 Å². The zero-order valence-electron chi connectivity index (χ0n) is 21.9. The van der Waals surface area contributed by atoms with Crippen molar-refractivity contribution >= 4 is 46.1 Å². The summed E-state index contributed by atoms with van der Waals surface area (Å²) < 4.78 is 2.17. The Morgan fingerprint density at radius 2 is 1.89 bits per heavy atom. The van der Waals surface area contributed by atoms with Gasteiger partial charge in [0.2, 0.25) is 0 Å². The van der Waals surface area contributed by atoms with Crippen LogP contribution in [0.15, 0.2) is 9.70 Å². The molecule has 3 heterocycles. The highest BCUT2D eigenvalue weighted by molar-refractivity contribution is 8.26. The zero-order valence-corrected chi connectivity index (χ0v) is 23.5. The van der Waals surface area contributed by atoms with E-state index < -0.39 is 0 Å². The van der Waals surface area contributed by atoms with Crippen molar-refractivity contribution in [3.63, 3.8) is 0 Å². The number of nitriles is 1. The van der Waals surface area contributed by atoms with Crippen molar-refractivity contribution in [2.75, 3.05) is 24.5 Å². The van der Waals surface area contributed by atoms with Crippen LogP contribution in [0.1, 0.15) is 76.5 Å². The molecule has 190 valence electrons. The third-order valence-corrected chi connectivity index (χ3v) is 8.65. The quantitative estimate of drug-likeness (QED) is 0.339. The Labute approximate surface area is 219 Å². The number of hydrogen-bond donors (Lipinski definition) is 0. The fourth-order valence-electron chi connectivity index (χ4n) is 5.39. The molecule has 2 aliphatic rings. The van der Waals surface area contributed by atoms with Gasteiger partial charge in [0.05, 0.1) is 4.91 Å². The first-order valence-corrected chi connectivity index (χ1v) is 14.0. The van der Waals surface area contributed by atoms with E-state index in [1.165, 1.54) is 11.8 Å². The molecule has 2 fully saturated rings. The zero-order chi connectivity index (χ0) is 25.9. The standard InChI is InChI=1S/C27H38N4O2S2/c1-7-9-10-20(8-2)16-31-26(33)23(35-27(31)34)12-21-19(5)22(13-28)25(32)29(6)24(21)30-14-17(3)11-18(4)15-30/h12,17-18,20H,7-11,14-16H2,1-6H3. The summed E-state index contributed by atoms with van der Waals surface area (Å²) >= 11 is 6.94. The normalized spacial score (nSPS) is 22.7. The van der Waals surface area contributed by atoms with Crippen LogP contribution in [0.4, 0.5) is 5.82 Å². The average molecular weight is 515 g/mol. The van der Waals surface area contributed by atoms with Crippen LogP contribution >= 0.6 is 24.0 Å². The molecule has 1 aromatic rings. The molecule has 0 saturated carbocycles. The predicted molar refractivity (Wildman–Crippen MR) is 149 cm³/mol. The number of amides is 1. The van der Waals surface area contributed by atoms with E-state index in [9.17, 15) is 14.9 Å². The largest absolute Gasteiger partial charge is 0.357 e. The number of anilines is 1. The summed E-state index contributed by atoms with van der Waals surface area (Å²) in [6, 6.07) is 2.09. The van der Waals surface area contributed by atoms with Crippen molar-refractivity contribution in [3.8, 4) is 6.07 Å². The Morgan fingerprint density at radius 1 is 1.23 bits per heavy atom. The number of piperidine rings is 1. The molecule has 2 aliphatic heterocycles. The van der Waals surface area contributed by atoms with Gasteiger partial charge in [0.15, 0.2) is 0 Å². The minimum absolute atomic E-state index is 0.0759. The smallest absolute Gasteiger partial charge is 0.270 e. The number of thioether (sulfide) groups is 1. The second-order valence-corrected chi connectivity index (χ2v) is 11.9. The highest BCUT2D eigenvalue weighted by Crippen LogP contribution is 2.37. The second-order valence-electron chi connectivity index (χ2n) is 10.3. The average Bonchev–Trinajstić information content (AvgIpc) is 3.07. The van der Waals surface area contributed by atoms with Crippen molar-refractivity contribution in [2.24, 2.45) is 24.8 Å². The summed E-state index contributed by atoms with van der Waals surface area (Å²) in [7, 11) is 1.73. The van der Waals surface area contributed by atoms with E-state index in [0.717, 1.165) is 56.6 Å². The fourth-order valence-corrected chi connectivity index (χ4v) is 6.65. The molecule has 0 spiro atoms. The first-order chi connectivity index (χ1) is 16.6. The van der Waals surface area contributed by atoms with Crippen LogP contribution in [0.3, 0.4) is 0 Å². The molecule has 0 N–H and O–H groups in total. The summed E-state index contributed by atoms with van der Waals surface area (Å²) in [5, 5.41) is 9.73. The van der Waals surface area contributed by atoms with E-state index in [2.05, 4.69) is 38.7 Å². The van der Waals surface area contributed by atoms with Crippen LogP contribution in [0.25, 0.3) is 6.08 Å². The molecule has 6 nitrogen and oxygen atoms in total. The Hall–Kier alpha value is -2.11. The van der Waals surface area contributed by atoms with E-state index in [0.29, 0.717) is 39.1 Å². The van der Waals surface area contributed by atoms with Crippen molar-refractivity contribution in [3.05, 3.63) is 31.9 Å². The third kappa shape index (κ3) is 5.83. The number of carbonyl (C=O) groups excluding carboxylic acids is 1. The van der Waals surface area contributed by atoms with E-state index in [4.69, 9.17) is 12.2 Å². The Bertz CT molecular complexity index is 1110. The lowest BCUT2D eigenvalue weighted by Gasteiger charge is -2.38. The fraction of sp³-hybridized carbons (Fsp3) is 0.630. The van der Waals surface area contributed by atoms with Crippen LogP contribution in [0.2, 0.25) is 0 Å². The topological polar surface area (TPSA) is 69.3 Å². The highest BCUT2D eigenvalue weighted by Gasteiger charge is 2.34. The maximum absolute atomic E-state index is 13.5. The Morgan fingerprint density at radius 3 is 2.46 bits per heavy atom. The van der Waals surface area contributed by atoms with E-state index in [-0.39, 0.29) is 17.0 Å². The van der Waals surface area contributed by atoms with Crippen molar-refractivity contribution in [1.82, 2.24) is 9.47 Å². The van der Waals surface area contributed by atoms with Crippen molar-refractivity contribution in [1.29, 1.82) is 5.26 Å². The first-order valence-electron chi connectivity index (χ1n) is 12.8. The summed E-state index contributed by atoms with van der Waals surface area (Å²) in [6.45, 7) is 12.9. The molecule has 2 saturated heterocycles. The maximum Gasteiger partial charge on any atom is 0.270 e. The number of unbranched alkanes of at least 4 members (excludes halogenated alkanes) is 1. The predicted octanol–water partition coefficient (Wildman–Crippen LogP) is 5.47. The van der Waals surface area contributed by atoms with Gasteiger partial charge < -0.3 is 4.90 Å². The maximum atomic E-state index is 13.5. The third-order valence-electron chi connectivity index (χ3n) is 7.27. The van der Waals surface area contributed by atoms with Gasteiger partial charge in [0, 0.05) is 32.2 Å². The lowest BCUT2D eigenvalue weighted by atomic mass is 9.91. The van der Waals surface area contributed by atoms with Gasteiger partial charge in [-0.3, -0.25) is 19.1 Å². The molecule has 3 rings (SSSR count). The van der Waals surface area contributed by atoms with Gasteiger partial charge in [-0.05, 0) is 49.2 Å². The number of pyridine rings is 1. The van der Waals surface area contributed by atoms with Gasteiger partial charge in [0.25, 0.3) is 11.5 Å². The molecule has 3 atom stereocenters. The monoisotopic (exact) mass is 514 g/mol. The minimum atomic E-state index is -0.294. The summed E-state index contributed by atoms with van der Waals surface area (Å²) in [5.74, 6) is 2.11. The minimum Gasteiger partial charge on any atom is -0.357 e. The van der Waals surface area contributed by atoms with Gasteiger partial charge in [-0.2, -0.15) is 5.26 Å². The number of aromatic nitrogens is 1. The molecular weight excluding hydrogens is 476 g/mol. The lowest BCUT2D eigenvalue weighted by Crippen LogP contribution is -2.42. The molecule has 1 amide bonds. The number of thiocarbonyl (C=S) groups is 1. The molecular formula is C27H38N4O2S2. The van der Waals surface area contributed by atoms with Crippen molar-refractivity contribution in [2.45, 2.75) is 66.7 Å². The van der Waals surface area contributed by atoms with Crippen LogP contribution in [0, 0.1) is 36.0 Å². The SMILES string of the molecule is CCCCC(CC)CN1C(=O)C(=Cc2c(C)c(C#N)c(=O)n(C)c2N2CC(C)CC(C)C2)SC1=S. The van der Waals surface area contributed by atoms with Gasteiger partial charge in [-0.15, -0.1) is 0 Å². The van der Waals surface area contributed by atoms with Crippen LogP contribution < -0.4 is 10.5 Å². The molecule has 8 heteroatoms. The number of nitrogens with zero attached hydrogens (tertiary/aromatic N) is 4. The van der Waals surface area contributed by atoms with Gasteiger partial charge >= 0.3 is 0 Å². The first kappa shape index (κ1) is 27.5. The number of carbonyl (C=O) groups is 1. The summed E-state index contributed by atoms with van der Waals surface area (Å²) in [6.07, 6.45) is 7.39. The molecule has 0 bridgehead atoms. The van der Waals surface area contributed by atoms with Crippen LogP contribution in [0.5, 0.6) is 0 Å². The summed E-state index contributed by atoms with van der Waals surface area (Å²) in [5.41, 5.74) is 1.22. The van der Waals surface area contributed by atoms with Gasteiger partial charge in [-0.1, -0.05) is 70.9 Å². The molecule has 1 aromatic heterocycles. The Kier molecular flexibility index (Phi) is 9.22. The van der Waals surface area contributed by atoms with Crippen molar-refractivity contribution < 1.29 is 4.79 Å². The highest BCUT2D eigenvalue weighted by atomic mass is 32.2.